The van der Waals surface area contributed by atoms with Gasteiger partial charge in [0.05, 0.1) is 0 Å². The SMILES string of the molecule is CC(C)(C)CCN1CCN(C(=O)C2CCCO2)CC1. The van der Waals surface area contributed by atoms with Gasteiger partial charge in [-0.15, -0.1) is 0 Å². The second-order valence-electron chi connectivity index (χ2n) is 6.98. The topological polar surface area (TPSA) is 32.8 Å². The van der Waals surface area contributed by atoms with Crippen molar-refractivity contribution < 1.29 is 9.53 Å². The molecular weight excluding hydrogens is 240 g/mol. The second-order valence-corrected chi connectivity index (χ2v) is 6.98. The van der Waals surface area contributed by atoms with E-state index >= 15 is 0 Å². The molecule has 0 aromatic heterocycles. The summed E-state index contributed by atoms with van der Waals surface area (Å²) in [6.07, 6.45) is 3.00. The molecule has 0 aromatic rings. The van der Waals surface area contributed by atoms with E-state index in [2.05, 4.69) is 25.7 Å². The average Bonchev–Trinajstić information content (AvgIpc) is 2.89. The zero-order valence-electron chi connectivity index (χ0n) is 12.7. The lowest BCUT2D eigenvalue weighted by Gasteiger charge is -2.36. The van der Waals surface area contributed by atoms with Crippen LogP contribution in [0.1, 0.15) is 40.0 Å². The van der Waals surface area contributed by atoms with Gasteiger partial charge in [0.1, 0.15) is 6.10 Å². The molecule has 2 aliphatic rings. The maximum absolute atomic E-state index is 12.2. The van der Waals surface area contributed by atoms with Gasteiger partial charge in [-0.2, -0.15) is 0 Å². The molecule has 0 radical (unpaired) electrons. The quantitative estimate of drug-likeness (QED) is 0.782. The van der Waals surface area contributed by atoms with Crippen molar-refractivity contribution in [2.24, 2.45) is 5.41 Å². The summed E-state index contributed by atoms with van der Waals surface area (Å²) in [6.45, 7) is 12.5. The van der Waals surface area contributed by atoms with E-state index in [0.29, 0.717) is 5.41 Å². The first-order valence-corrected chi connectivity index (χ1v) is 7.58. The number of carbonyl (C=O) groups is 1. The molecule has 110 valence electrons. The smallest absolute Gasteiger partial charge is 0.251 e. The van der Waals surface area contributed by atoms with E-state index in [4.69, 9.17) is 4.74 Å². The van der Waals surface area contributed by atoms with Crippen LogP contribution >= 0.6 is 0 Å². The molecule has 19 heavy (non-hydrogen) atoms. The summed E-state index contributed by atoms with van der Waals surface area (Å²) in [4.78, 5) is 16.7. The third-order valence-electron chi connectivity index (χ3n) is 4.07. The third-order valence-corrected chi connectivity index (χ3v) is 4.07. The highest BCUT2D eigenvalue weighted by molar-refractivity contribution is 5.81. The molecule has 0 aliphatic carbocycles. The fraction of sp³-hybridized carbons (Fsp3) is 0.933. The summed E-state index contributed by atoms with van der Waals surface area (Å²) < 4.78 is 5.48. The average molecular weight is 268 g/mol. The van der Waals surface area contributed by atoms with E-state index < -0.39 is 0 Å². The molecular formula is C15H28N2O2. The molecule has 2 heterocycles. The van der Waals surface area contributed by atoms with Crippen molar-refractivity contribution in [1.29, 1.82) is 0 Å². The molecule has 2 saturated heterocycles. The zero-order valence-corrected chi connectivity index (χ0v) is 12.7. The fourth-order valence-corrected chi connectivity index (χ4v) is 2.66. The molecule has 0 N–H and O–H groups in total. The van der Waals surface area contributed by atoms with E-state index in [-0.39, 0.29) is 12.0 Å². The number of rotatable bonds is 3. The van der Waals surface area contributed by atoms with Crippen molar-refractivity contribution in [3.8, 4) is 0 Å². The van der Waals surface area contributed by atoms with Gasteiger partial charge >= 0.3 is 0 Å². The third kappa shape index (κ3) is 4.46. The fourth-order valence-electron chi connectivity index (χ4n) is 2.66. The maximum Gasteiger partial charge on any atom is 0.251 e. The Hall–Kier alpha value is -0.610. The molecule has 4 heteroatoms. The standard InChI is InChI=1S/C15H28N2O2/c1-15(2,3)6-7-16-8-10-17(11-9-16)14(18)13-5-4-12-19-13/h13H,4-12H2,1-3H3. The lowest BCUT2D eigenvalue weighted by molar-refractivity contribution is -0.142. The molecule has 0 saturated carbocycles. The van der Waals surface area contributed by atoms with Gasteiger partial charge in [0.2, 0.25) is 0 Å². The van der Waals surface area contributed by atoms with E-state index in [1.54, 1.807) is 0 Å². The van der Waals surface area contributed by atoms with Gasteiger partial charge < -0.3 is 9.64 Å². The molecule has 1 amide bonds. The van der Waals surface area contributed by atoms with Crippen LogP contribution in [0, 0.1) is 5.41 Å². The van der Waals surface area contributed by atoms with E-state index in [0.717, 1.165) is 52.2 Å². The Bertz CT molecular complexity index is 298. The van der Waals surface area contributed by atoms with Crippen LogP contribution in [-0.4, -0.2) is 61.1 Å². The first kappa shape index (κ1) is 14.8. The summed E-state index contributed by atoms with van der Waals surface area (Å²) in [5.41, 5.74) is 0.393. The van der Waals surface area contributed by atoms with Gasteiger partial charge in [0.25, 0.3) is 5.91 Å². The minimum Gasteiger partial charge on any atom is -0.368 e. The number of hydrogen-bond donors (Lipinski definition) is 0. The summed E-state index contributed by atoms with van der Waals surface area (Å²) in [7, 11) is 0. The largest absolute Gasteiger partial charge is 0.368 e. The van der Waals surface area contributed by atoms with Gasteiger partial charge in [0.15, 0.2) is 0 Å². The predicted octanol–water partition coefficient (Wildman–Crippen LogP) is 1.75. The maximum atomic E-state index is 12.2. The summed E-state index contributed by atoms with van der Waals surface area (Å²) >= 11 is 0. The van der Waals surface area contributed by atoms with Crippen molar-refractivity contribution in [1.82, 2.24) is 9.80 Å². The van der Waals surface area contributed by atoms with Crippen LogP contribution in [0.5, 0.6) is 0 Å². The molecule has 2 fully saturated rings. The normalized spacial score (nSPS) is 25.8. The van der Waals surface area contributed by atoms with Crippen LogP contribution in [0.3, 0.4) is 0 Å². The van der Waals surface area contributed by atoms with E-state index in [9.17, 15) is 4.79 Å². The predicted molar refractivity (Wildman–Crippen MR) is 76.1 cm³/mol. The highest BCUT2D eigenvalue weighted by atomic mass is 16.5. The summed E-state index contributed by atoms with van der Waals surface area (Å²) in [6, 6.07) is 0. The van der Waals surface area contributed by atoms with Crippen LogP contribution in [0.4, 0.5) is 0 Å². The minimum atomic E-state index is -0.152. The Morgan fingerprint density at radius 3 is 2.42 bits per heavy atom. The summed E-state index contributed by atoms with van der Waals surface area (Å²) in [5, 5.41) is 0. The zero-order chi connectivity index (χ0) is 13.9. The Labute approximate surface area is 117 Å². The number of nitrogens with zero attached hydrogens (tertiary/aromatic N) is 2. The molecule has 2 aliphatic heterocycles. The number of hydrogen-bond acceptors (Lipinski definition) is 3. The Balaban J connectivity index is 1.71. The molecule has 0 spiro atoms. The Morgan fingerprint density at radius 2 is 1.89 bits per heavy atom. The van der Waals surface area contributed by atoms with E-state index in [1.807, 2.05) is 4.90 Å². The minimum absolute atomic E-state index is 0.152. The van der Waals surface area contributed by atoms with Crippen LogP contribution in [-0.2, 0) is 9.53 Å². The highest BCUT2D eigenvalue weighted by Gasteiger charge is 2.30. The number of carbonyl (C=O) groups excluding carboxylic acids is 1. The monoisotopic (exact) mass is 268 g/mol. The van der Waals surface area contributed by atoms with Crippen molar-refractivity contribution in [3.63, 3.8) is 0 Å². The Kier molecular flexibility index (Phi) is 4.85. The number of ether oxygens (including phenoxy) is 1. The second kappa shape index (κ2) is 6.23. The molecule has 0 bridgehead atoms. The van der Waals surface area contributed by atoms with Gasteiger partial charge in [-0.05, 0) is 31.2 Å². The van der Waals surface area contributed by atoms with Gasteiger partial charge in [-0.3, -0.25) is 9.69 Å². The number of amides is 1. The Morgan fingerprint density at radius 1 is 1.21 bits per heavy atom. The van der Waals surface area contributed by atoms with Crippen molar-refractivity contribution in [3.05, 3.63) is 0 Å². The lowest BCUT2D eigenvalue weighted by Crippen LogP contribution is -2.51. The van der Waals surface area contributed by atoms with Gasteiger partial charge in [-0.25, -0.2) is 0 Å². The van der Waals surface area contributed by atoms with Crippen LogP contribution in [0.15, 0.2) is 0 Å². The highest BCUT2D eigenvalue weighted by Crippen LogP contribution is 2.20. The van der Waals surface area contributed by atoms with Crippen molar-refractivity contribution in [2.75, 3.05) is 39.3 Å². The first-order valence-electron chi connectivity index (χ1n) is 7.58. The van der Waals surface area contributed by atoms with Crippen LogP contribution in [0.2, 0.25) is 0 Å². The molecule has 2 rings (SSSR count). The molecule has 4 nitrogen and oxygen atoms in total. The molecule has 0 aromatic carbocycles. The molecule has 1 atom stereocenters. The first-order chi connectivity index (χ1) is 8.96. The van der Waals surface area contributed by atoms with Crippen LogP contribution < -0.4 is 0 Å². The van der Waals surface area contributed by atoms with Gasteiger partial charge in [-0.1, -0.05) is 20.8 Å². The van der Waals surface area contributed by atoms with Crippen LogP contribution in [0.25, 0.3) is 0 Å². The van der Waals surface area contributed by atoms with Gasteiger partial charge in [0, 0.05) is 32.8 Å². The summed E-state index contributed by atoms with van der Waals surface area (Å²) in [5.74, 6) is 0.216. The van der Waals surface area contributed by atoms with Crippen molar-refractivity contribution in [2.45, 2.75) is 46.1 Å². The van der Waals surface area contributed by atoms with Crippen molar-refractivity contribution >= 4 is 5.91 Å². The number of piperazine rings is 1. The molecule has 1 unspecified atom stereocenters. The lowest BCUT2D eigenvalue weighted by atomic mass is 9.92. The van der Waals surface area contributed by atoms with E-state index in [1.165, 1.54) is 6.42 Å².